The lowest BCUT2D eigenvalue weighted by molar-refractivity contribution is -0.0927. The Morgan fingerprint density at radius 1 is 1.18 bits per heavy atom. The SMILES string of the molecule is CC(C)(C)OC(=O)N1CC2(CC(n3cc(B4OC(C)(C)C(C)(C)O4)cn3)C2)C1. The van der Waals surface area contributed by atoms with Gasteiger partial charge in [-0.2, -0.15) is 5.10 Å². The van der Waals surface area contributed by atoms with E-state index < -0.39 is 5.60 Å². The summed E-state index contributed by atoms with van der Waals surface area (Å²) in [6.07, 6.45) is 5.77. The Hall–Kier alpha value is -1.54. The third-order valence-corrected chi connectivity index (χ3v) is 6.56. The Morgan fingerprint density at radius 2 is 1.75 bits per heavy atom. The van der Waals surface area contributed by atoms with Crippen LogP contribution in [-0.4, -0.2) is 57.8 Å². The molecule has 154 valence electrons. The largest absolute Gasteiger partial charge is 0.498 e. The van der Waals surface area contributed by atoms with Crippen molar-refractivity contribution in [2.75, 3.05) is 13.1 Å². The summed E-state index contributed by atoms with van der Waals surface area (Å²) in [6, 6.07) is 0.372. The molecule has 28 heavy (non-hydrogen) atoms. The number of aromatic nitrogens is 2. The molecule has 1 spiro atoms. The van der Waals surface area contributed by atoms with Gasteiger partial charge >= 0.3 is 13.2 Å². The third kappa shape index (κ3) is 3.34. The first kappa shape index (κ1) is 19.8. The van der Waals surface area contributed by atoms with Crippen molar-refractivity contribution in [3.63, 3.8) is 0 Å². The smallest absolute Gasteiger partial charge is 0.444 e. The van der Waals surface area contributed by atoms with Crippen LogP contribution in [0.25, 0.3) is 0 Å². The maximum atomic E-state index is 12.1. The maximum absolute atomic E-state index is 12.1. The van der Waals surface area contributed by atoms with Crippen molar-refractivity contribution in [1.82, 2.24) is 14.7 Å². The summed E-state index contributed by atoms with van der Waals surface area (Å²) in [4.78, 5) is 13.9. The highest BCUT2D eigenvalue weighted by Crippen LogP contribution is 2.54. The van der Waals surface area contributed by atoms with E-state index in [1.807, 2.05) is 37.8 Å². The van der Waals surface area contributed by atoms with Crippen LogP contribution in [0.4, 0.5) is 4.79 Å². The van der Waals surface area contributed by atoms with E-state index in [2.05, 4.69) is 32.8 Å². The average molecular weight is 389 g/mol. The molecule has 2 saturated heterocycles. The van der Waals surface area contributed by atoms with E-state index in [0.29, 0.717) is 6.04 Å². The molecule has 0 unspecified atom stereocenters. The highest BCUT2D eigenvalue weighted by atomic mass is 16.7. The lowest BCUT2D eigenvalue weighted by Gasteiger charge is -2.58. The van der Waals surface area contributed by atoms with E-state index in [4.69, 9.17) is 14.0 Å². The second-order valence-corrected chi connectivity index (χ2v) is 10.7. The van der Waals surface area contributed by atoms with E-state index in [9.17, 15) is 4.79 Å². The molecule has 1 amide bonds. The molecule has 3 heterocycles. The second-order valence-electron chi connectivity index (χ2n) is 10.7. The van der Waals surface area contributed by atoms with Gasteiger partial charge in [-0.1, -0.05) is 0 Å². The second kappa shape index (κ2) is 5.98. The molecule has 1 aromatic rings. The molecule has 8 heteroatoms. The Bertz CT molecular complexity index is 753. The van der Waals surface area contributed by atoms with Crippen LogP contribution >= 0.6 is 0 Å². The third-order valence-electron chi connectivity index (χ3n) is 6.56. The van der Waals surface area contributed by atoms with E-state index in [1.54, 1.807) is 4.90 Å². The summed E-state index contributed by atoms with van der Waals surface area (Å²) in [5.74, 6) is 0. The van der Waals surface area contributed by atoms with Crippen molar-refractivity contribution in [3.8, 4) is 0 Å². The van der Waals surface area contributed by atoms with E-state index in [1.165, 1.54) is 0 Å². The molecule has 0 radical (unpaired) electrons. The van der Waals surface area contributed by atoms with Crippen molar-refractivity contribution < 1.29 is 18.8 Å². The molecule has 4 rings (SSSR count). The molecule has 0 atom stereocenters. The monoisotopic (exact) mass is 389 g/mol. The first-order chi connectivity index (χ1) is 12.8. The quantitative estimate of drug-likeness (QED) is 0.728. The summed E-state index contributed by atoms with van der Waals surface area (Å²) in [5.41, 5.74) is 0.0526. The minimum absolute atomic E-state index is 0.205. The van der Waals surface area contributed by atoms with Gasteiger partial charge in [0.2, 0.25) is 0 Å². The van der Waals surface area contributed by atoms with Gasteiger partial charge in [-0.3, -0.25) is 4.68 Å². The van der Waals surface area contributed by atoms with Crippen LogP contribution in [0.15, 0.2) is 12.4 Å². The summed E-state index contributed by atoms with van der Waals surface area (Å²) in [6.45, 7) is 15.5. The van der Waals surface area contributed by atoms with Crippen LogP contribution in [-0.2, 0) is 14.0 Å². The molecule has 1 saturated carbocycles. The lowest BCUT2D eigenvalue weighted by Crippen LogP contribution is -2.64. The van der Waals surface area contributed by atoms with Crippen molar-refractivity contribution in [2.24, 2.45) is 5.41 Å². The van der Waals surface area contributed by atoms with E-state index in [0.717, 1.165) is 31.4 Å². The molecular formula is C20H32BN3O4. The molecule has 3 fully saturated rings. The number of amides is 1. The summed E-state index contributed by atoms with van der Waals surface area (Å²) in [5, 5.41) is 4.56. The van der Waals surface area contributed by atoms with Gasteiger partial charge in [0.05, 0.1) is 17.2 Å². The summed E-state index contributed by atoms with van der Waals surface area (Å²) < 4.78 is 19.7. The number of nitrogens with zero attached hydrogens (tertiary/aromatic N) is 3. The van der Waals surface area contributed by atoms with Crippen molar-refractivity contribution >= 4 is 18.7 Å². The molecular weight excluding hydrogens is 357 g/mol. The van der Waals surface area contributed by atoms with Gasteiger partial charge in [-0.15, -0.1) is 0 Å². The summed E-state index contributed by atoms with van der Waals surface area (Å²) in [7, 11) is -0.376. The molecule has 0 bridgehead atoms. The van der Waals surface area contributed by atoms with E-state index in [-0.39, 0.29) is 29.8 Å². The van der Waals surface area contributed by atoms with E-state index >= 15 is 0 Å². The van der Waals surface area contributed by atoms with Crippen LogP contribution < -0.4 is 5.46 Å². The predicted octanol–water partition coefficient (Wildman–Crippen LogP) is 2.75. The number of carbonyl (C=O) groups excluding carboxylic acids is 1. The molecule has 7 nitrogen and oxygen atoms in total. The van der Waals surface area contributed by atoms with Crippen molar-refractivity contribution in [3.05, 3.63) is 12.4 Å². The minimum Gasteiger partial charge on any atom is -0.444 e. The molecule has 0 aromatic carbocycles. The van der Waals surface area contributed by atoms with Gasteiger partial charge in [0, 0.05) is 36.4 Å². The number of likely N-dealkylation sites (tertiary alicyclic amines) is 1. The Kier molecular flexibility index (Phi) is 4.23. The zero-order valence-corrected chi connectivity index (χ0v) is 18.1. The number of carbonyl (C=O) groups is 1. The van der Waals surface area contributed by atoms with Crippen LogP contribution in [0.2, 0.25) is 0 Å². The van der Waals surface area contributed by atoms with Crippen LogP contribution in [0, 0.1) is 5.41 Å². The van der Waals surface area contributed by atoms with Gasteiger partial charge in [-0.25, -0.2) is 4.79 Å². The topological polar surface area (TPSA) is 65.8 Å². The Morgan fingerprint density at radius 3 is 2.29 bits per heavy atom. The average Bonchev–Trinajstić information content (AvgIpc) is 2.97. The Labute approximate surface area is 167 Å². The van der Waals surface area contributed by atoms with Crippen molar-refractivity contribution in [2.45, 2.75) is 84.2 Å². The molecule has 0 N–H and O–H groups in total. The molecule has 3 aliphatic rings. The standard InChI is InChI=1S/C20H32BN3O4/c1-17(2,3)26-16(25)23-12-20(13-23)8-15(9-20)24-11-14(10-22-24)21-27-18(4,5)19(6,7)28-21/h10-11,15H,8-9,12-13H2,1-7H3. The first-order valence-electron chi connectivity index (χ1n) is 10.2. The number of ether oxygens (including phenoxy) is 1. The minimum atomic E-state index is -0.443. The number of hydrogen-bond donors (Lipinski definition) is 0. The lowest BCUT2D eigenvalue weighted by atomic mass is 9.61. The fourth-order valence-electron chi connectivity index (χ4n) is 4.26. The first-order valence-corrected chi connectivity index (χ1v) is 10.2. The van der Waals surface area contributed by atoms with Gasteiger partial charge in [0.15, 0.2) is 0 Å². The van der Waals surface area contributed by atoms with Gasteiger partial charge < -0.3 is 18.9 Å². The Balaban J connectivity index is 1.31. The zero-order chi connectivity index (χ0) is 20.5. The predicted molar refractivity (Wildman–Crippen MR) is 106 cm³/mol. The fraction of sp³-hybridized carbons (Fsp3) is 0.800. The van der Waals surface area contributed by atoms with Crippen LogP contribution in [0.5, 0.6) is 0 Å². The van der Waals surface area contributed by atoms with Gasteiger partial charge in [0.1, 0.15) is 5.60 Å². The molecule has 1 aromatic heterocycles. The molecule has 2 aliphatic heterocycles. The summed E-state index contributed by atoms with van der Waals surface area (Å²) >= 11 is 0. The zero-order valence-electron chi connectivity index (χ0n) is 18.1. The van der Waals surface area contributed by atoms with Crippen LogP contribution in [0.3, 0.4) is 0 Å². The maximum Gasteiger partial charge on any atom is 0.498 e. The van der Waals surface area contributed by atoms with Gasteiger partial charge in [0.25, 0.3) is 0 Å². The molecule has 1 aliphatic carbocycles. The van der Waals surface area contributed by atoms with Crippen molar-refractivity contribution in [1.29, 1.82) is 0 Å². The highest BCUT2D eigenvalue weighted by Gasteiger charge is 2.56. The number of rotatable bonds is 2. The fourth-order valence-corrected chi connectivity index (χ4v) is 4.26. The normalized spacial score (nSPS) is 25.5. The number of hydrogen-bond acceptors (Lipinski definition) is 5. The van der Waals surface area contributed by atoms with Gasteiger partial charge in [-0.05, 0) is 61.3 Å². The highest BCUT2D eigenvalue weighted by molar-refractivity contribution is 6.62. The van der Waals surface area contributed by atoms with Crippen LogP contribution in [0.1, 0.15) is 67.3 Å².